The first-order valence-electron chi connectivity index (χ1n) is 7.81. The van der Waals surface area contributed by atoms with Gasteiger partial charge >= 0.3 is 6.18 Å². The van der Waals surface area contributed by atoms with Crippen molar-refractivity contribution in [2.45, 2.75) is 95.6 Å². The summed E-state index contributed by atoms with van der Waals surface area (Å²) < 4.78 is 42.8. The van der Waals surface area contributed by atoms with E-state index in [1.165, 1.54) is 12.8 Å². The summed E-state index contributed by atoms with van der Waals surface area (Å²) in [6.45, 7) is 1.02. The van der Waals surface area contributed by atoms with Gasteiger partial charge in [-0.15, -0.1) is 0 Å². The van der Waals surface area contributed by atoms with Crippen molar-refractivity contribution >= 4 is 0 Å². The van der Waals surface area contributed by atoms with Crippen LogP contribution in [0.3, 0.4) is 0 Å². The van der Waals surface area contributed by atoms with Crippen LogP contribution in [-0.2, 0) is 4.74 Å². The lowest BCUT2D eigenvalue weighted by molar-refractivity contribution is -0.236. The Kier molecular flexibility index (Phi) is 7.88. The molecule has 3 atom stereocenters. The molecule has 20 heavy (non-hydrogen) atoms. The van der Waals surface area contributed by atoms with Crippen LogP contribution >= 0.6 is 0 Å². The zero-order valence-electron chi connectivity index (χ0n) is 12.3. The van der Waals surface area contributed by atoms with E-state index in [0.29, 0.717) is 12.8 Å². The lowest BCUT2D eigenvalue weighted by Gasteiger charge is -2.28. The van der Waals surface area contributed by atoms with E-state index in [0.717, 1.165) is 45.4 Å². The van der Waals surface area contributed by atoms with Crippen LogP contribution in [0, 0.1) is 0 Å². The molecule has 1 saturated carbocycles. The Morgan fingerprint density at radius 1 is 0.900 bits per heavy atom. The second kappa shape index (κ2) is 8.88. The van der Waals surface area contributed by atoms with E-state index in [1.54, 1.807) is 0 Å². The third-order valence-electron chi connectivity index (χ3n) is 4.01. The molecule has 0 saturated heterocycles. The summed E-state index contributed by atoms with van der Waals surface area (Å²) in [6.07, 6.45) is 1.85. The molecule has 1 aliphatic rings. The maximum atomic E-state index is 12.6. The van der Waals surface area contributed by atoms with E-state index in [9.17, 15) is 18.3 Å². The average Bonchev–Trinajstić information content (AvgIpc) is 2.36. The van der Waals surface area contributed by atoms with Crippen LogP contribution in [0.1, 0.15) is 71.1 Å². The van der Waals surface area contributed by atoms with Crippen molar-refractivity contribution in [1.29, 1.82) is 0 Å². The van der Waals surface area contributed by atoms with Crippen LogP contribution in [0.2, 0.25) is 0 Å². The Bertz CT molecular complexity index is 256. The molecule has 120 valence electrons. The standard InChI is InChI=1S/C15H27F3O2/c1-12(15(16,17)18)20-14-11-9-7-5-3-2-4-6-8-10-13(14)19/h12-14,19H,2-11H2,1H3. The Morgan fingerprint density at radius 3 is 1.85 bits per heavy atom. The summed E-state index contributed by atoms with van der Waals surface area (Å²) in [4.78, 5) is 0. The van der Waals surface area contributed by atoms with Gasteiger partial charge in [-0.3, -0.25) is 0 Å². The number of ether oxygens (including phenoxy) is 1. The lowest BCUT2D eigenvalue weighted by Crippen LogP contribution is -2.38. The molecule has 0 aromatic heterocycles. The average molecular weight is 296 g/mol. The minimum Gasteiger partial charge on any atom is -0.390 e. The predicted octanol–water partition coefficient (Wildman–Crippen LogP) is 4.60. The van der Waals surface area contributed by atoms with Crippen LogP contribution in [0.15, 0.2) is 0 Å². The molecular weight excluding hydrogens is 269 g/mol. The fourth-order valence-electron chi connectivity index (χ4n) is 2.64. The van der Waals surface area contributed by atoms with E-state index in [2.05, 4.69) is 0 Å². The van der Waals surface area contributed by atoms with E-state index in [-0.39, 0.29) is 0 Å². The quantitative estimate of drug-likeness (QED) is 0.807. The van der Waals surface area contributed by atoms with Gasteiger partial charge in [0.25, 0.3) is 0 Å². The molecule has 0 amide bonds. The van der Waals surface area contributed by atoms with E-state index in [4.69, 9.17) is 4.74 Å². The molecule has 0 spiro atoms. The van der Waals surface area contributed by atoms with Gasteiger partial charge in [-0.1, -0.05) is 51.4 Å². The van der Waals surface area contributed by atoms with Crippen LogP contribution in [0.4, 0.5) is 13.2 Å². The molecule has 5 heteroatoms. The first-order valence-corrected chi connectivity index (χ1v) is 7.81. The van der Waals surface area contributed by atoms with E-state index in [1.807, 2.05) is 0 Å². The first-order chi connectivity index (χ1) is 9.41. The molecule has 1 N–H and O–H groups in total. The summed E-state index contributed by atoms with van der Waals surface area (Å²) in [7, 11) is 0. The third-order valence-corrected chi connectivity index (χ3v) is 4.01. The zero-order chi connectivity index (χ0) is 15.0. The minimum absolute atomic E-state index is 0.515. The van der Waals surface area contributed by atoms with Crippen molar-refractivity contribution in [3.05, 3.63) is 0 Å². The normalized spacial score (nSPS) is 29.2. The van der Waals surface area contributed by atoms with Gasteiger partial charge in [0.15, 0.2) is 6.10 Å². The molecule has 2 nitrogen and oxygen atoms in total. The summed E-state index contributed by atoms with van der Waals surface area (Å²) in [5.74, 6) is 0. The molecule has 0 heterocycles. The topological polar surface area (TPSA) is 29.5 Å². The number of aliphatic hydroxyl groups excluding tert-OH is 1. The largest absolute Gasteiger partial charge is 0.414 e. The van der Waals surface area contributed by atoms with Crippen LogP contribution in [0.25, 0.3) is 0 Å². The molecular formula is C15H27F3O2. The van der Waals surface area contributed by atoms with Crippen molar-refractivity contribution < 1.29 is 23.0 Å². The van der Waals surface area contributed by atoms with Crippen LogP contribution < -0.4 is 0 Å². The van der Waals surface area contributed by atoms with Crippen molar-refractivity contribution in [1.82, 2.24) is 0 Å². The van der Waals surface area contributed by atoms with Crippen LogP contribution in [0.5, 0.6) is 0 Å². The van der Waals surface area contributed by atoms with Crippen molar-refractivity contribution in [3.8, 4) is 0 Å². The number of aliphatic hydroxyl groups is 1. The maximum Gasteiger partial charge on any atom is 0.414 e. The Balaban J connectivity index is 2.52. The van der Waals surface area contributed by atoms with E-state index < -0.39 is 24.5 Å². The highest BCUT2D eigenvalue weighted by molar-refractivity contribution is 4.74. The second-order valence-corrected chi connectivity index (χ2v) is 5.83. The first kappa shape index (κ1) is 17.8. The molecule has 1 rings (SSSR count). The van der Waals surface area contributed by atoms with Crippen molar-refractivity contribution in [2.75, 3.05) is 0 Å². The fourth-order valence-corrected chi connectivity index (χ4v) is 2.64. The van der Waals surface area contributed by atoms with Gasteiger partial charge < -0.3 is 9.84 Å². The van der Waals surface area contributed by atoms with Gasteiger partial charge in [0.1, 0.15) is 0 Å². The Hall–Kier alpha value is -0.290. The molecule has 0 bridgehead atoms. The molecule has 0 radical (unpaired) electrons. The molecule has 0 aliphatic heterocycles. The summed E-state index contributed by atoms with van der Waals surface area (Å²) >= 11 is 0. The minimum atomic E-state index is -4.36. The number of hydrogen-bond donors (Lipinski definition) is 1. The molecule has 3 unspecified atom stereocenters. The van der Waals surface area contributed by atoms with Crippen molar-refractivity contribution in [2.24, 2.45) is 0 Å². The molecule has 1 fully saturated rings. The third kappa shape index (κ3) is 6.93. The number of halogens is 3. The molecule has 0 aromatic carbocycles. The summed E-state index contributed by atoms with van der Waals surface area (Å²) in [5.41, 5.74) is 0. The van der Waals surface area contributed by atoms with Crippen LogP contribution in [-0.4, -0.2) is 29.6 Å². The SMILES string of the molecule is CC(OC1CCCCCCCCCCC1O)C(F)(F)F. The van der Waals surface area contributed by atoms with Gasteiger partial charge in [-0.25, -0.2) is 0 Å². The smallest absolute Gasteiger partial charge is 0.390 e. The van der Waals surface area contributed by atoms with Crippen molar-refractivity contribution in [3.63, 3.8) is 0 Å². The van der Waals surface area contributed by atoms with Gasteiger partial charge in [-0.05, 0) is 19.8 Å². The monoisotopic (exact) mass is 296 g/mol. The summed E-state index contributed by atoms with van der Waals surface area (Å²) in [5, 5.41) is 10.1. The van der Waals surface area contributed by atoms with Gasteiger partial charge in [0.05, 0.1) is 12.2 Å². The van der Waals surface area contributed by atoms with Gasteiger partial charge in [-0.2, -0.15) is 13.2 Å². The fraction of sp³-hybridized carbons (Fsp3) is 1.00. The highest BCUT2D eigenvalue weighted by Gasteiger charge is 2.39. The Morgan fingerprint density at radius 2 is 1.35 bits per heavy atom. The number of hydrogen-bond acceptors (Lipinski definition) is 2. The highest BCUT2D eigenvalue weighted by atomic mass is 19.4. The number of alkyl halides is 3. The summed E-state index contributed by atoms with van der Waals surface area (Å²) in [6, 6.07) is 0. The maximum absolute atomic E-state index is 12.6. The highest BCUT2D eigenvalue weighted by Crippen LogP contribution is 2.27. The van der Waals surface area contributed by atoms with Gasteiger partial charge in [0, 0.05) is 0 Å². The predicted molar refractivity (Wildman–Crippen MR) is 72.6 cm³/mol. The van der Waals surface area contributed by atoms with Gasteiger partial charge in [0.2, 0.25) is 0 Å². The molecule has 0 aromatic rings. The second-order valence-electron chi connectivity index (χ2n) is 5.83. The Labute approximate surface area is 119 Å². The lowest BCUT2D eigenvalue weighted by atomic mass is 9.97. The zero-order valence-corrected chi connectivity index (χ0v) is 12.3. The number of rotatable bonds is 2. The molecule has 1 aliphatic carbocycles. The van der Waals surface area contributed by atoms with E-state index >= 15 is 0 Å².